The molecule has 2 aliphatic heterocycles. The summed E-state index contributed by atoms with van der Waals surface area (Å²) >= 11 is 0. The molecule has 0 radical (unpaired) electrons. The fourth-order valence-electron chi connectivity index (χ4n) is 3.39. The third kappa shape index (κ3) is 3.23. The maximum Gasteiger partial charge on any atom is 0.248 e. The molecule has 1 amide bonds. The smallest absolute Gasteiger partial charge is 0.248 e. The molecule has 1 N–H and O–H groups in total. The van der Waals surface area contributed by atoms with Crippen LogP contribution in [0.1, 0.15) is 12.8 Å². The van der Waals surface area contributed by atoms with E-state index in [9.17, 15) is 4.79 Å². The molecule has 0 aliphatic carbocycles. The Bertz CT molecular complexity index is 501. The number of rotatable bonds is 2. The van der Waals surface area contributed by atoms with Crippen molar-refractivity contribution in [1.82, 2.24) is 9.88 Å². The zero-order chi connectivity index (χ0) is 15.4. The largest absolute Gasteiger partial charge is 0.387 e. The number of aromatic nitrogens is 1. The Morgan fingerprint density at radius 3 is 2.86 bits per heavy atom. The summed E-state index contributed by atoms with van der Waals surface area (Å²) in [6.45, 7) is 4.26. The molecule has 6 heteroatoms. The summed E-state index contributed by atoms with van der Waals surface area (Å²) in [5.74, 6) is -0.173. The molecule has 3 rings (SSSR count). The van der Waals surface area contributed by atoms with E-state index in [1.165, 1.54) is 0 Å². The third-order valence-electron chi connectivity index (χ3n) is 4.76. The molecule has 0 atom stereocenters. The van der Waals surface area contributed by atoms with Gasteiger partial charge < -0.3 is 19.6 Å². The fraction of sp³-hybridized carbons (Fsp3) is 0.625. The minimum Gasteiger partial charge on any atom is -0.387 e. The molecule has 22 heavy (non-hydrogen) atoms. The maximum absolute atomic E-state index is 11.6. The van der Waals surface area contributed by atoms with Crippen LogP contribution in [-0.4, -0.2) is 66.9 Å². The Morgan fingerprint density at radius 1 is 1.36 bits per heavy atom. The van der Waals surface area contributed by atoms with E-state index in [-0.39, 0.29) is 11.3 Å². The van der Waals surface area contributed by atoms with Crippen molar-refractivity contribution in [3.8, 4) is 0 Å². The number of nitrogens with zero attached hydrogens (tertiary/aromatic N) is 3. The quantitative estimate of drug-likeness (QED) is 0.863. The van der Waals surface area contributed by atoms with Crippen molar-refractivity contribution in [2.75, 3.05) is 50.9 Å². The van der Waals surface area contributed by atoms with Crippen molar-refractivity contribution in [3.05, 3.63) is 24.5 Å². The van der Waals surface area contributed by atoms with Gasteiger partial charge in [0, 0.05) is 37.8 Å². The number of carbonyl (C=O) groups excluding carboxylic acids is 1. The van der Waals surface area contributed by atoms with Crippen LogP contribution in [0.25, 0.3) is 0 Å². The Hall–Kier alpha value is -1.66. The first-order chi connectivity index (χ1) is 10.7. The Labute approximate surface area is 130 Å². The highest BCUT2D eigenvalue weighted by Crippen LogP contribution is 2.35. The van der Waals surface area contributed by atoms with E-state index in [0.717, 1.165) is 44.8 Å². The molecule has 0 unspecified atom stereocenters. The molecular weight excluding hydrogens is 282 g/mol. The van der Waals surface area contributed by atoms with E-state index in [0.29, 0.717) is 13.1 Å². The molecule has 1 aromatic heterocycles. The molecule has 6 nitrogen and oxygen atoms in total. The van der Waals surface area contributed by atoms with Gasteiger partial charge >= 0.3 is 0 Å². The first-order valence-corrected chi connectivity index (χ1v) is 7.84. The summed E-state index contributed by atoms with van der Waals surface area (Å²) in [6.07, 6.45) is 5.50. The van der Waals surface area contributed by atoms with Gasteiger partial charge in [0.15, 0.2) is 0 Å². The lowest BCUT2D eigenvalue weighted by Gasteiger charge is -2.42. The summed E-state index contributed by atoms with van der Waals surface area (Å²) in [5.41, 5.74) is 1.21. The number of amides is 1. The Kier molecular flexibility index (Phi) is 4.59. The zero-order valence-corrected chi connectivity index (χ0v) is 12.8. The summed E-state index contributed by atoms with van der Waals surface area (Å²) < 4.78 is 5.85. The lowest BCUT2D eigenvalue weighted by atomic mass is 9.78. The van der Waals surface area contributed by atoms with E-state index < -0.39 is 6.61 Å². The van der Waals surface area contributed by atoms with Crippen LogP contribution in [0.4, 0.5) is 5.69 Å². The van der Waals surface area contributed by atoms with Crippen LogP contribution in [0.5, 0.6) is 0 Å². The lowest BCUT2D eigenvalue weighted by molar-refractivity contribution is -0.137. The number of hydrogen-bond donors (Lipinski definition) is 1. The van der Waals surface area contributed by atoms with Gasteiger partial charge in [-0.15, -0.1) is 0 Å². The number of piperidine rings is 1. The highest BCUT2D eigenvalue weighted by atomic mass is 16.5. The summed E-state index contributed by atoms with van der Waals surface area (Å²) in [5, 5.41) is 8.99. The Balaban J connectivity index is 1.70. The predicted molar refractivity (Wildman–Crippen MR) is 82.6 cm³/mol. The van der Waals surface area contributed by atoms with Crippen molar-refractivity contribution in [3.63, 3.8) is 0 Å². The van der Waals surface area contributed by atoms with Gasteiger partial charge in [0.05, 0.1) is 25.1 Å². The van der Waals surface area contributed by atoms with Gasteiger partial charge in [-0.2, -0.15) is 0 Å². The molecular formula is C16H23N3O3. The van der Waals surface area contributed by atoms with Crippen LogP contribution < -0.4 is 4.90 Å². The van der Waals surface area contributed by atoms with Crippen molar-refractivity contribution < 1.29 is 14.6 Å². The number of aliphatic hydroxyl groups excluding tert-OH is 1. The molecule has 120 valence electrons. The summed E-state index contributed by atoms with van der Waals surface area (Å²) in [4.78, 5) is 19.9. The number of anilines is 1. The van der Waals surface area contributed by atoms with Crippen LogP contribution in [0.2, 0.25) is 0 Å². The van der Waals surface area contributed by atoms with Gasteiger partial charge in [-0.05, 0) is 25.0 Å². The molecule has 2 fully saturated rings. The Morgan fingerprint density at radius 2 is 2.18 bits per heavy atom. The molecule has 2 aliphatic rings. The van der Waals surface area contributed by atoms with E-state index in [1.807, 2.05) is 12.3 Å². The average molecular weight is 305 g/mol. The van der Waals surface area contributed by atoms with Crippen LogP contribution in [0.3, 0.4) is 0 Å². The average Bonchev–Trinajstić information content (AvgIpc) is 2.78. The van der Waals surface area contributed by atoms with Gasteiger partial charge in [-0.3, -0.25) is 9.78 Å². The monoisotopic (exact) mass is 305 g/mol. The topological polar surface area (TPSA) is 65.9 Å². The van der Waals surface area contributed by atoms with E-state index >= 15 is 0 Å². The molecule has 0 bridgehead atoms. The van der Waals surface area contributed by atoms with Gasteiger partial charge in [0.2, 0.25) is 5.91 Å². The minimum atomic E-state index is -0.398. The fourth-order valence-corrected chi connectivity index (χ4v) is 3.39. The SMILES string of the molecule is O=C(CO)N1CCC2(CC1)COCCN(c1cccnc1)C2. The van der Waals surface area contributed by atoms with E-state index in [1.54, 1.807) is 11.1 Å². The van der Waals surface area contributed by atoms with Crippen molar-refractivity contribution in [1.29, 1.82) is 0 Å². The van der Waals surface area contributed by atoms with Gasteiger partial charge in [0.1, 0.15) is 6.61 Å². The van der Waals surface area contributed by atoms with Crippen LogP contribution in [0.15, 0.2) is 24.5 Å². The highest BCUT2D eigenvalue weighted by molar-refractivity contribution is 5.77. The van der Waals surface area contributed by atoms with Gasteiger partial charge in [-0.25, -0.2) is 0 Å². The summed E-state index contributed by atoms with van der Waals surface area (Å²) in [6, 6.07) is 4.03. The highest BCUT2D eigenvalue weighted by Gasteiger charge is 2.39. The van der Waals surface area contributed by atoms with Gasteiger partial charge in [0.25, 0.3) is 0 Å². The molecule has 0 aromatic carbocycles. The third-order valence-corrected chi connectivity index (χ3v) is 4.76. The first kappa shape index (κ1) is 15.2. The van der Waals surface area contributed by atoms with Crippen LogP contribution in [-0.2, 0) is 9.53 Å². The predicted octanol–water partition coefficient (Wildman–Crippen LogP) is 0.519. The van der Waals surface area contributed by atoms with Gasteiger partial charge in [-0.1, -0.05) is 0 Å². The number of pyridine rings is 1. The van der Waals surface area contributed by atoms with Crippen LogP contribution >= 0.6 is 0 Å². The van der Waals surface area contributed by atoms with Crippen molar-refractivity contribution >= 4 is 11.6 Å². The molecule has 2 saturated heterocycles. The normalized spacial score (nSPS) is 21.7. The number of carbonyl (C=O) groups is 1. The maximum atomic E-state index is 11.6. The summed E-state index contributed by atoms with van der Waals surface area (Å²) in [7, 11) is 0. The molecule has 0 saturated carbocycles. The first-order valence-electron chi connectivity index (χ1n) is 7.84. The second kappa shape index (κ2) is 6.62. The molecule has 1 aromatic rings. The number of likely N-dealkylation sites (tertiary alicyclic amines) is 1. The van der Waals surface area contributed by atoms with E-state index in [2.05, 4.69) is 16.0 Å². The number of ether oxygens (including phenoxy) is 1. The molecule has 1 spiro atoms. The van der Waals surface area contributed by atoms with Crippen LogP contribution in [0, 0.1) is 5.41 Å². The lowest BCUT2D eigenvalue weighted by Crippen LogP contribution is -2.49. The zero-order valence-electron chi connectivity index (χ0n) is 12.8. The minimum absolute atomic E-state index is 0.0819. The van der Waals surface area contributed by atoms with E-state index in [4.69, 9.17) is 9.84 Å². The number of aliphatic hydroxyl groups is 1. The second-order valence-electron chi connectivity index (χ2n) is 6.22. The molecule has 3 heterocycles. The van der Waals surface area contributed by atoms with Crippen molar-refractivity contribution in [2.45, 2.75) is 12.8 Å². The number of hydrogen-bond acceptors (Lipinski definition) is 5. The standard InChI is InChI=1S/C16H23N3O3/c20-11-15(21)18-6-3-16(4-7-18)12-19(8-9-22-13-16)14-2-1-5-17-10-14/h1-2,5,10,20H,3-4,6-9,11-13H2. The second-order valence-corrected chi connectivity index (χ2v) is 6.22. The van der Waals surface area contributed by atoms with Crippen molar-refractivity contribution in [2.24, 2.45) is 5.41 Å².